The number of alkyl halides is 3. The summed E-state index contributed by atoms with van der Waals surface area (Å²) in [6.45, 7) is -0.248. The van der Waals surface area contributed by atoms with Gasteiger partial charge in [-0.3, -0.25) is 5.10 Å². The Hall–Kier alpha value is -2.75. The van der Waals surface area contributed by atoms with Crippen LogP contribution in [-0.4, -0.2) is 27.8 Å². The molecule has 0 saturated heterocycles. The molecule has 0 aliphatic carbocycles. The predicted octanol–water partition coefficient (Wildman–Crippen LogP) is 4.01. The number of thiazole rings is 1. The molecule has 142 valence electrons. The molecule has 0 spiro atoms. The summed E-state index contributed by atoms with van der Waals surface area (Å²) in [5.74, 6) is -1.11. The van der Waals surface area contributed by atoms with Gasteiger partial charge in [-0.2, -0.15) is 18.3 Å². The fourth-order valence-electron chi connectivity index (χ4n) is 2.36. The number of hydrogen-bond acceptors (Lipinski definition) is 5. The van der Waals surface area contributed by atoms with Crippen molar-refractivity contribution in [2.75, 3.05) is 6.61 Å². The number of halogens is 4. The zero-order valence-electron chi connectivity index (χ0n) is 13.7. The average Bonchev–Trinajstić information content (AvgIpc) is 3.26. The van der Waals surface area contributed by atoms with Gasteiger partial charge < -0.3 is 4.74 Å². The van der Waals surface area contributed by atoms with E-state index in [9.17, 15) is 22.4 Å². The quantitative estimate of drug-likeness (QED) is 0.502. The van der Waals surface area contributed by atoms with Crippen molar-refractivity contribution in [3.8, 4) is 0 Å². The molecule has 0 aliphatic heterocycles. The molecule has 0 saturated carbocycles. The fraction of sp³-hybridized carbons (Fsp3) is 0.235. The molecule has 10 heteroatoms. The van der Waals surface area contributed by atoms with E-state index in [1.807, 2.05) is 5.10 Å². The van der Waals surface area contributed by atoms with Gasteiger partial charge in [0.05, 0.1) is 17.8 Å². The molecular weight excluding hydrogens is 386 g/mol. The summed E-state index contributed by atoms with van der Waals surface area (Å²) in [4.78, 5) is 16.1. The number of rotatable bonds is 6. The number of hydrogen-bond donors (Lipinski definition) is 1. The van der Waals surface area contributed by atoms with Gasteiger partial charge >= 0.3 is 12.1 Å². The third-order valence-corrected chi connectivity index (χ3v) is 4.52. The Balaban J connectivity index is 1.56. The first kappa shape index (κ1) is 19.0. The lowest BCUT2D eigenvalue weighted by Gasteiger charge is -2.07. The number of esters is 1. The molecule has 0 aliphatic rings. The highest BCUT2D eigenvalue weighted by Crippen LogP contribution is 2.30. The van der Waals surface area contributed by atoms with E-state index in [2.05, 4.69) is 10.1 Å². The van der Waals surface area contributed by atoms with Crippen LogP contribution in [0, 0.1) is 5.82 Å². The Morgan fingerprint density at radius 3 is 2.74 bits per heavy atom. The summed E-state index contributed by atoms with van der Waals surface area (Å²) in [7, 11) is 0. The third kappa shape index (κ3) is 4.70. The van der Waals surface area contributed by atoms with Crippen LogP contribution in [0.3, 0.4) is 0 Å². The summed E-state index contributed by atoms with van der Waals surface area (Å²) in [5, 5.41) is 7.26. The molecule has 0 unspecified atom stereocenters. The van der Waals surface area contributed by atoms with Crippen molar-refractivity contribution in [3.05, 3.63) is 69.2 Å². The molecule has 0 amide bonds. The van der Waals surface area contributed by atoms with Crippen molar-refractivity contribution >= 4 is 17.3 Å². The van der Waals surface area contributed by atoms with Crippen molar-refractivity contribution in [3.63, 3.8) is 0 Å². The summed E-state index contributed by atoms with van der Waals surface area (Å²) < 4.78 is 56.8. The number of ether oxygens (including phenoxy) is 1. The molecule has 3 rings (SSSR count). The van der Waals surface area contributed by atoms with E-state index in [0.717, 1.165) is 6.20 Å². The lowest BCUT2D eigenvalue weighted by Crippen LogP contribution is -2.12. The Labute approximate surface area is 155 Å². The number of nitrogens with one attached hydrogen (secondary N) is 1. The number of carbonyl (C=O) groups is 1. The van der Waals surface area contributed by atoms with Crippen LogP contribution < -0.4 is 0 Å². The molecule has 0 fully saturated rings. The van der Waals surface area contributed by atoms with Crippen LogP contribution in [0.15, 0.2) is 35.8 Å². The molecule has 5 nitrogen and oxygen atoms in total. The van der Waals surface area contributed by atoms with Gasteiger partial charge in [0, 0.05) is 23.8 Å². The van der Waals surface area contributed by atoms with Gasteiger partial charge in [-0.1, -0.05) is 18.2 Å². The van der Waals surface area contributed by atoms with Crippen LogP contribution in [0.5, 0.6) is 0 Å². The molecule has 2 aromatic heterocycles. The third-order valence-electron chi connectivity index (χ3n) is 3.67. The van der Waals surface area contributed by atoms with Crippen molar-refractivity contribution in [2.24, 2.45) is 0 Å². The van der Waals surface area contributed by atoms with Crippen LogP contribution in [0.2, 0.25) is 0 Å². The molecule has 3 aromatic rings. The summed E-state index contributed by atoms with van der Waals surface area (Å²) in [5.41, 5.74) is -0.561. The minimum atomic E-state index is -4.55. The summed E-state index contributed by atoms with van der Waals surface area (Å²) in [6, 6.07) is 6.24. The normalized spacial score (nSPS) is 11.6. The van der Waals surface area contributed by atoms with Crippen molar-refractivity contribution in [2.45, 2.75) is 19.0 Å². The molecule has 1 aromatic carbocycles. The molecule has 1 N–H and O–H groups in total. The zero-order chi connectivity index (χ0) is 19.4. The van der Waals surface area contributed by atoms with Gasteiger partial charge in [-0.05, 0) is 11.6 Å². The minimum Gasteiger partial charge on any atom is -0.461 e. The maximum Gasteiger partial charge on any atom is 0.433 e. The number of carbonyl (C=O) groups excluding carboxylic acids is 1. The SMILES string of the molecule is O=C(OCCc1cn[nH]c1C(F)(F)F)c1csc(Cc2ccccc2F)n1. The Kier molecular flexibility index (Phi) is 5.54. The van der Waals surface area contributed by atoms with Crippen LogP contribution in [0.1, 0.15) is 32.3 Å². The predicted molar refractivity (Wildman–Crippen MR) is 88.9 cm³/mol. The second-order valence-electron chi connectivity index (χ2n) is 5.55. The van der Waals surface area contributed by atoms with Crippen LogP contribution >= 0.6 is 11.3 Å². The lowest BCUT2D eigenvalue weighted by molar-refractivity contribution is -0.141. The van der Waals surface area contributed by atoms with Gasteiger partial charge in [0.2, 0.25) is 0 Å². The Morgan fingerprint density at radius 1 is 1.22 bits per heavy atom. The standard InChI is InChI=1S/C17H13F4N3O2S/c18-12-4-2-1-3-10(12)7-14-23-13(9-27-14)16(25)26-6-5-11-8-22-24-15(11)17(19,20)21/h1-4,8-9H,5-7H2,(H,22,24). The van der Waals surface area contributed by atoms with Crippen molar-refractivity contribution < 1.29 is 27.1 Å². The van der Waals surface area contributed by atoms with Crippen molar-refractivity contribution in [1.82, 2.24) is 15.2 Å². The maximum atomic E-state index is 13.7. The van der Waals surface area contributed by atoms with E-state index >= 15 is 0 Å². The largest absolute Gasteiger partial charge is 0.461 e. The minimum absolute atomic E-state index is 0.0366. The van der Waals surface area contributed by atoms with Gasteiger partial charge in [0.15, 0.2) is 5.69 Å². The number of aromatic amines is 1. The number of H-pyrrole nitrogens is 1. The van der Waals surface area contributed by atoms with E-state index in [1.165, 1.54) is 22.8 Å². The summed E-state index contributed by atoms with van der Waals surface area (Å²) >= 11 is 1.18. The van der Waals surface area contributed by atoms with Crippen molar-refractivity contribution in [1.29, 1.82) is 0 Å². The molecular formula is C17H13F4N3O2S. The highest BCUT2D eigenvalue weighted by atomic mass is 32.1. The van der Waals surface area contributed by atoms with E-state index in [-0.39, 0.29) is 36.5 Å². The maximum absolute atomic E-state index is 13.7. The van der Waals surface area contributed by atoms with Crippen LogP contribution in [0.25, 0.3) is 0 Å². The first-order chi connectivity index (χ1) is 12.8. The first-order valence-electron chi connectivity index (χ1n) is 7.79. The Morgan fingerprint density at radius 2 is 2.00 bits per heavy atom. The number of aromatic nitrogens is 3. The second kappa shape index (κ2) is 7.87. The van der Waals surface area contributed by atoms with Crippen LogP contribution in [-0.2, 0) is 23.8 Å². The van der Waals surface area contributed by atoms with E-state index in [1.54, 1.807) is 18.2 Å². The zero-order valence-corrected chi connectivity index (χ0v) is 14.5. The lowest BCUT2D eigenvalue weighted by atomic mass is 10.1. The highest BCUT2D eigenvalue weighted by molar-refractivity contribution is 7.09. The monoisotopic (exact) mass is 399 g/mol. The number of nitrogens with zero attached hydrogens (tertiary/aromatic N) is 2. The smallest absolute Gasteiger partial charge is 0.433 e. The van der Waals surface area contributed by atoms with Gasteiger partial charge in [-0.25, -0.2) is 14.2 Å². The van der Waals surface area contributed by atoms with Gasteiger partial charge in [0.25, 0.3) is 0 Å². The topological polar surface area (TPSA) is 67.9 Å². The average molecular weight is 399 g/mol. The second-order valence-corrected chi connectivity index (χ2v) is 6.49. The molecule has 2 heterocycles. The van der Waals surface area contributed by atoms with E-state index in [4.69, 9.17) is 4.74 Å². The van der Waals surface area contributed by atoms with Crippen LogP contribution in [0.4, 0.5) is 17.6 Å². The van der Waals surface area contributed by atoms with E-state index < -0.39 is 17.8 Å². The number of benzene rings is 1. The molecule has 0 atom stereocenters. The molecule has 0 radical (unpaired) electrons. The van der Waals surface area contributed by atoms with E-state index in [0.29, 0.717) is 10.6 Å². The Bertz CT molecular complexity index is 936. The summed E-state index contributed by atoms with van der Waals surface area (Å²) in [6.07, 6.45) is -3.41. The van der Waals surface area contributed by atoms with Gasteiger partial charge in [0.1, 0.15) is 11.5 Å². The molecule has 27 heavy (non-hydrogen) atoms. The fourth-order valence-corrected chi connectivity index (χ4v) is 3.15. The molecule has 0 bridgehead atoms. The highest BCUT2D eigenvalue weighted by Gasteiger charge is 2.35. The first-order valence-corrected chi connectivity index (χ1v) is 8.67. The van der Waals surface area contributed by atoms with Gasteiger partial charge in [-0.15, -0.1) is 11.3 Å².